The summed E-state index contributed by atoms with van der Waals surface area (Å²) >= 11 is 6.11. The molecule has 2 aromatic carbocycles. The van der Waals surface area contributed by atoms with Crippen molar-refractivity contribution in [3.05, 3.63) is 83.1 Å². The minimum Gasteiger partial charge on any atom is -0.465 e. The van der Waals surface area contributed by atoms with Gasteiger partial charge in [0, 0.05) is 17.6 Å². The summed E-state index contributed by atoms with van der Waals surface area (Å²) in [4.78, 5) is 28.3. The number of nitrogens with zero attached hydrogens (tertiary/aromatic N) is 1. The topological polar surface area (TPSA) is 80.3 Å². The molecule has 0 unspecified atom stereocenters. The molecule has 3 rings (SSSR count). The second-order valence-corrected chi connectivity index (χ2v) is 5.97. The lowest BCUT2D eigenvalue weighted by molar-refractivity contribution is 0.0600. The van der Waals surface area contributed by atoms with Crippen molar-refractivity contribution < 1.29 is 14.3 Å². The summed E-state index contributed by atoms with van der Waals surface area (Å²) in [7, 11) is 1.28. The number of carbonyl (C=O) groups excluding carboxylic acids is 2. The highest BCUT2D eigenvalue weighted by atomic mass is 35.5. The van der Waals surface area contributed by atoms with Gasteiger partial charge in [0.05, 0.1) is 23.4 Å². The van der Waals surface area contributed by atoms with E-state index in [0.717, 1.165) is 11.4 Å². The molecule has 0 aliphatic rings. The standard InChI is InChI=1S/C20H16ClN3O3/c1-27-20(26)13-7-8-16(21)17(11-13)24-19(25)18-12-15(9-10-22-18)23-14-5-3-2-4-6-14/h2-12H,1H3,(H,22,23)(H,24,25). The molecule has 2 N–H and O–H groups in total. The fourth-order valence-corrected chi connectivity index (χ4v) is 2.54. The fraction of sp³-hybridized carbons (Fsp3) is 0.0500. The highest BCUT2D eigenvalue weighted by Gasteiger charge is 2.14. The number of hydrogen-bond donors (Lipinski definition) is 2. The first kappa shape index (κ1) is 18.4. The molecule has 0 spiro atoms. The summed E-state index contributed by atoms with van der Waals surface area (Å²) in [5, 5.41) is 6.17. The SMILES string of the molecule is COC(=O)c1ccc(Cl)c(NC(=O)c2cc(Nc3ccccc3)ccn2)c1. The zero-order valence-electron chi connectivity index (χ0n) is 14.4. The Morgan fingerprint density at radius 2 is 1.78 bits per heavy atom. The number of ether oxygens (including phenoxy) is 1. The van der Waals surface area contributed by atoms with Gasteiger partial charge < -0.3 is 15.4 Å². The molecule has 1 aromatic heterocycles. The van der Waals surface area contributed by atoms with Crippen LogP contribution >= 0.6 is 11.6 Å². The minimum atomic E-state index is -0.519. The van der Waals surface area contributed by atoms with Crippen LogP contribution in [0.3, 0.4) is 0 Å². The van der Waals surface area contributed by atoms with Gasteiger partial charge in [0.25, 0.3) is 5.91 Å². The van der Waals surface area contributed by atoms with Crippen LogP contribution in [0, 0.1) is 0 Å². The van der Waals surface area contributed by atoms with Crippen molar-refractivity contribution in [1.29, 1.82) is 0 Å². The molecule has 0 fully saturated rings. The van der Waals surface area contributed by atoms with Gasteiger partial charge in [0.15, 0.2) is 0 Å². The number of methoxy groups -OCH3 is 1. The monoisotopic (exact) mass is 381 g/mol. The molecule has 0 saturated carbocycles. The zero-order valence-corrected chi connectivity index (χ0v) is 15.2. The average molecular weight is 382 g/mol. The second-order valence-electron chi connectivity index (χ2n) is 5.56. The molecule has 1 amide bonds. The number of carbonyl (C=O) groups is 2. The van der Waals surface area contributed by atoms with E-state index in [1.165, 1.54) is 31.5 Å². The first-order chi connectivity index (χ1) is 13.1. The molecule has 0 radical (unpaired) electrons. The number of benzene rings is 2. The lowest BCUT2D eigenvalue weighted by Crippen LogP contribution is -2.15. The van der Waals surface area contributed by atoms with Crippen LogP contribution in [0.25, 0.3) is 0 Å². The maximum atomic E-state index is 12.5. The smallest absolute Gasteiger partial charge is 0.337 e. The molecule has 7 heteroatoms. The third-order valence-corrected chi connectivity index (χ3v) is 4.02. The summed E-state index contributed by atoms with van der Waals surface area (Å²) < 4.78 is 4.68. The van der Waals surface area contributed by atoms with Crippen LogP contribution < -0.4 is 10.6 Å². The van der Waals surface area contributed by atoms with Crippen molar-refractivity contribution in [1.82, 2.24) is 4.98 Å². The van der Waals surface area contributed by atoms with E-state index < -0.39 is 11.9 Å². The summed E-state index contributed by atoms with van der Waals surface area (Å²) in [6.45, 7) is 0. The van der Waals surface area contributed by atoms with Gasteiger partial charge in [-0.15, -0.1) is 0 Å². The number of aromatic nitrogens is 1. The number of anilines is 3. The summed E-state index contributed by atoms with van der Waals surface area (Å²) in [6.07, 6.45) is 1.53. The Bertz CT molecular complexity index is 977. The maximum Gasteiger partial charge on any atom is 0.337 e. The van der Waals surface area contributed by atoms with Crippen LogP contribution in [0.1, 0.15) is 20.8 Å². The van der Waals surface area contributed by atoms with Crippen molar-refractivity contribution in [2.45, 2.75) is 0 Å². The fourth-order valence-electron chi connectivity index (χ4n) is 2.37. The molecular weight excluding hydrogens is 366 g/mol. The lowest BCUT2D eigenvalue weighted by Gasteiger charge is -2.10. The molecule has 27 heavy (non-hydrogen) atoms. The van der Waals surface area contributed by atoms with Gasteiger partial charge in [-0.1, -0.05) is 29.8 Å². The predicted octanol–water partition coefficient (Wildman–Crippen LogP) is 4.52. The highest BCUT2D eigenvalue weighted by Crippen LogP contribution is 2.24. The second kappa shape index (κ2) is 8.33. The number of nitrogens with one attached hydrogen (secondary N) is 2. The van der Waals surface area contributed by atoms with Crippen molar-refractivity contribution >= 4 is 40.5 Å². The largest absolute Gasteiger partial charge is 0.465 e. The maximum absolute atomic E-state index is 12.5. The summed E-state index contributed by atoms with van der Waals surface area (Å²) in [6, 6.07) is 17.4. The van der Waals surface area contributed by atoms with Crippen molar-refractivity contribution in [3.8, 4) is 0 Å². The van der Waals surface area contributed by atoms with Gasteiger partial charge in [-0.25, -0.2) is 4.79 Å². The van der Waals surface area contributed by atoms with Gasteiger partial charge in [-0.3, -0.25) is 9.78 Å². The van der Waals surface area contributed by atoms with Gasteiger partial charge >= 0.3 is 5.97 Å². The van der Waals surface area contributed by atoms with Gasteiger partial charge in [0.2, 0.25) is 0 Å². The average Bonchev–Trinajstić information content (AvgIpc) is 2.70. The van der Waals surface area contributed by atoms with Crippen LogP contribution in [0.2, 0.25) is 5.02 Å². The Morgan fingerprint density at radius 3 is 2.52 bits per heavy atom. The Balaban J connectivity index is 1.79. The molecule has 0 aliphatic carbocycles. The van der Waals surface area contributed by atoms with Crippen molar-refractivity contribution in [3.63, 3.8) is 0 Å². The normalized spacial score (nSPS) is 10.1. The number of halogens is 1. The molecule has 6 nitrogen and oxygen atoms in total. The van der Waals surface area contributed by atoms with Crippen LogP contribution in [-0.4, -0.2) is 24.0 Å². The van der Waals surface area contributed by atoms with Gasteiger partial charge in [-0.2, -0.15) is 0 Å². The quantitative estimate of drug-likeness (QED) is 0.635. The van der Waals surface area contributed by atoms with E-state index in [0.29, 0.717) is 10.7 Å². The molecule has 3 aromatic rings. The molecule has 0 atom stereocenters. The number of rotatable bonds is 5. The Morgan fingerprint density at radius 1 is 1.00 bits per heavy atom. The van der Waals surface area contributed by atoms with Crippen LogP contribution in [0.4, 0.5) is 17.1 Å². The van der Waals surface area contributed by atoms with Crippen LogP contribution in [0.15, 0.2) is 66.9 Å². The number of amides is 1. The van der Waals surface area contributed by atoms with E-state index >= 15 is 0 Å². The first-order valence-corrected chi connectivity index (χ1v) is 8.42. The summed E-state index contributed by atoms with van der Waals surface area (Å²) in [5.41, 5.74) is 2.40. The van der Waals surface area contributed by atoms with E-state index in [1.54, 1.807) is 12.1 Å². The number of esters is 1. The van der Waals surface area contributed by atoms with E-state index in [1.807, 2.05) is 30.3 Å². The Labute approximate surface area is 161 Å². The third kappa shape index (κ3) is 4.62. The molecule has 1 heterocycles. The zero-order chi connectivity index (χ0) is 19.2. The first-order valence-electron chi connectivity index (χ1n) is 8.04. The Hall–Kier alpha value is -3.38. The Kier molecular flexibility index (Phi) is 5.68. The molecule has 0 aliphatic heterocycles. The minimum absolute atomic E-state index is 0.204. The molecule has 136 valence electrons. The number of hydrogen-bond acceptors (Lipinski definition) is 5. The molecule has 0 saturated heterocycles. The number of pyridine rings is 1. The van der Waals surface area contributed by atoms with Gasteiger partial charge in [-0.05, 0) is 42.5 Å². The van der Waals surface area contributed by atoms with Crippen molar-refractivity contribution in [2.75, 3.05) is 17.7 Å². The molecule has 0 bridgehead atoms. The van der Waals surface area contributed by atoms with Crippen molar-refractivity contribution in [2.24, 2.45) is 0 Å². The van der Waals surface area contributed by atoms with E-state index in [-0.39, 0.29) is 11.3 Å². The lowest BCUT2D eigenvalue weighted by atomic mass is 10.2. The van der Waals surface area contributed by atoms with Crippen LogP contribution in [0.5, 0.6) is 0 Å². The van der Waals surface area contributed by atoms with Crippen LogP contribution in [-0.2, 0) is 4.74 Å². The molecular formula is C20H16ClN3O3. The van der Waals surface area contributed by atoms with E-state index in [9.17, 15) is 9.59 Å². The summed E-state index contributed by atoms with van der Waals surface area (Å²) in [5.74, 6) is -0.968. The number of para-hydroxylation sites is 1. The predicted molar refractivity (Wildman–Crippen MR) is 105 cm³/mol. The highest BCUT2D eigenvalue weighted by molar-refractivity contribution is 6.34. The van der Waals surface area contributed by atoms with E-state index in [4.69, 9.17) is 11.6 Å². The van der Waals surface area contributed by atoms with E-state index in [2.05, 4.69) is 20.4 Å². The van der Waals surface area contributed by atoms with Gasteiger partial charge in [0.1, 0.15) is 5.69 Å². The third-order valence-electron chi connectivity index (χ3n) is 3.69.